The van der Waals surface area contributed by atoms with Gasteiger partial charge < -0.3 is 15.4 Å². The van der Waals surface area contributed by atoms with Gasteiger partial charge in [-0.25, -0.2) is 8.78 Å². The van der Waals surface area contributed by atoms with Crippen molar-refractivity contribution >= 4 is 29.2 Å². The van der Waals surface area contributed by atoms with Crippen LogP contribution < -0.4 is 10.6 Å². The van der Waals surface area contributed by atoms with E-state index in [-0.39, 0.29) is 25.1 Å². The molecular weight excluding hydrogens is 492 g/mol. The maximum atomic E-state index is 14.3. The lowest BCUT2D eigenvalue weighted by molar-refractivity contribution is -0.141. The first-order valence-electron chi connectivity index (χ1n) is 11.0. The number of rotatable bonds is 11. The van der Waals surface area contributed by atoms with Gasteiger partial charge in [-0.2, -0.15) is 0 Å². The summed E-state index contributed by atoms with van der Waals surface area (Å²) in [6.45, 7) is 1.45. The van der Waals surface area contributed by atoms with Crippen LogP contribution in [0.3, 0.4) is 0 Å². The average Bonchev–Trinajstić information content (AvgIpc) is 2.88. The van der Waals surface area contributed by atoms with Crippen LogP contribution >= 0.6 is 11.6 Å². The second kappa shape index (κ2) is 12.9. The molecule has 188 valence electrons. The summed E-state index contributed by atoms with van der Waals surface area (Å²) in [4.78, 5) is 42.3. The summed E-state index contributed by atoms with van der Waals surface area (Å²) in [6.07, 6.45) is 0.154. The van der Waals surface area contributed by atoms with E-state index in [0.717, 1.165) is 0 Å². The smallest absolute Gasteiger partial charge is 0.289 e. The van der Waals surface area contributed by atoms with Crippen molar-refractivity contribution in [3.63, 3.8) is 0 Å². The van der Waals surface area contributed by atoms with Crippen LogP contribution in [0.1, 0.15) is 23.7 Å². The highest BCUT2D eigenvalue weighted by Gasteiger charge is 2.29. The van der Waals surface area contributed by atoms with E-state index in [9.17, 15) is 23.2 Å². The van der Waals surface area contributed by atoms with Gasteiger partial charge in [-0.1, -0.05) is 41.9 Å². The molecule has 3 aromatic rings. The predicted octanol–water partition coefficient (Wildman–Crippen LogP) is 3.53. The van der Waals surface area contributed by atoms with Crippen molar-refractivity contribution < 1.29 is 27.9 Å². The van der Waals surface area contributed by atoms with Gasteiger partial charge in [0.05, 0.1) is 23.9 Å². The van der Waals surface area contributed by atoms with Crippen LogP contribution in [0.4, 0.5) is 8.78 Å². The number of carbonyl (C=O) groups excluding carboxylic acids is 3. The molecule has 0 aliphatic rings. The van der Waals surface area contributed by atoms with Crippen molar-refractivity contribution in [1.82, 2.24) is 15.6 Å². The molecule has 0 unspecified atom stereocenters. The molecule has 2 aromatic carbocycles. The highest BCUT2D eigenvalue weighted by atomic mass is 35.5. The molecule has 0 bridgehead atoms. The van der Waals surface area contributed by atoms with Crippen LogP contribution in [0.15, 0.2) is 66.9 Å². The summed E-state index contributed by atoms with van der Waals surface area (Å²) in [6, 6.07) is 13.2. The summed E-state index contributed by atoms with van der Waals surface area (Å²) >= 11 is 5.79. The summed E-state index contributed by atoms with van der Waals surface area (Å²) in [5, 5.41) is 5.36. The van der Waals surface area contributed by atoms with Gasteiger partial charge >= 0.3 is 0 Å². The molecule has 7 nitrogen and oxygen atoms in total. The molecule has 2 N–H and O–H groups in total. The highest BCUT2D eigenvalue weighted by molar-refractivity contribution is 6.38. The van der Waals surface area contributed by atoms with Crippen molar-refractivity contribution in [3.05, 3.63) is 100 Å². The van der Waals surface area contributed by atoms with Gasteiger partial charge in [0.15, 0.2) is 0 Å². The lowest BCUT2D eigenvalue weighted by Gasteiger charge is -2.20. The summed E-state index contributed by atoms with van der Waals surface area (Å²) in [5.74, 6) is -3.56. The SMILES string of the molecule is C[C@@H](OCc1ccc(F)cc1)C(=O)N[C@H](Cc1ccccc1F)C(=O)C(=O)NCc1ccc(Cl)cn1. The third-order valence-electron chi connectivity index (χ3n) is 5.24. The Hall–Kier alpha value is -3.69. The Bertz CT molecular complexity index is 1210. The number of Topliss-reactive ketones (excluding diaryl/α,β-unsaturated/α-hetero) is 1. The zero-order valence-corrected chi connectivity index (χ0v) is 20.1. The monoisotopic (exact) mass is 515 g/mol. The van der Waals surface area contributed by atoms with Gasteiger partial charge in [0.1, 0.15) is 23.8 Å². The van der Waals surface area contributed by atoms with Crippen molar-refractivity contribution in [3.8, 4) is 0 Å². The molecule has 0 saturated heterocycles. The van der Waals surface area contributed by atoms with Crippen LogP contribution in [-0.4, -0.2) is 34.7 Å². The molecule has 0 aliphatic carbocycles. The van der Waals surface area contributed by atoms with E-state index in [0.29, 0.717) is 16.3 Å². The van der Waals surface area contributed by atoms with Crippen LogP contribution in [0.2, 0.25) is 5.02 Å². The zero-order valence-electron chi connectivity index (χ0n) is 19.3. The van der Waals surface area contributed by atoms with Crippen LogP contribution in [-0.2, 0) is 38.7 Å². The third kappa shape index (κ3) is 7.93. The fourth-order valence-corrected chi connectivity index (χ4v) is 3.30. The van der Waals surface area contributed by atoms with Crippen molar-refractivity contribution in [1.29, 1.82) is 0 Å². The number of hydrogen-bond acceptors (Lipinski definition) is 5. The largest absolute Gasteiger partial charge is 0.364 e. The van der Waals surface area contributed by atoms with Gasteiger partial charge in [0.2, 0.25) is 11.7 Å². The number of ether oxygens (including phenoxy) is 1. The zero-order chi connectivity index (χ0) is 26.1. The number of nitrogens with one attached hydrogen (secondary N) is 2. The number of nitrogens with zero attached hydrogens (tertiary/aromatic N) is 1. The fourth-order valence-electron chi connectivity index (χ4n) is 3.19. The quantitative estimate of drug-likeness (QED) is 0.381. The molecule has 0 aliphatic heterocycles. The number of ketones is 1. The molecule has 10 heteroatoms. The first-order chi connectivity index (χ1) is 17.2. The molecule has 36 heavy (non-hydrogen) atoms. The van der Waals surface area contributed by atoms with Crippen LogP contribution in [0.25, 0.3) is 0 Å². The number of amides is 2. The number of benzene rings is 2. The second-order valence-corrected chi connectivity index (χ2v) is 8.39. The fraction of sp³-hybridized carbons (Fsp3) is 0.231. The molecule has 1 aromatic heterocycles. The number of halogens is 3. The van der Waals surface area contributed by atoms with Crippen molar-refractivity contribution in [2.24, 2.45) is 0 Å². The van der Waals surface area contributed by atoms with Gasteiger partial charge in [0.25, 0.3) is 5.91 Å². The van der Waals surface area contributed by atoms with Gasteiger partial charge in [-0.15, -0.1) is 0 Å². The Morgan fingerprint density at radius 2 is 1.75 bits per heavy atom. The Balaban J connectivity index is 1.66. The Morgan fingerprint density at radius 1 is 1.03 bits per heavy atom. The van der Waals surface area contributed by atoms with E-state index < -0.39 is 41.4 Å². The molecule has 0 spiro atoms. The second-order valence-electron chi connectivity index (χ2n) is 7.95. The summed E-state index contributed by atoms with van der Waals surface area (Å²) in [7, 11) is 0. The molecule has 3 rings (SSSR count). The average molecular weight is 516 g/mol. The van der Waals surface area contributed by atoms with Gasteiger partial charge in [-0.05, 0) is 48.4 Å². The predicted molar refractivity (Wildman–Crippen MR) is 129 cm³/mol. The third-order valence-corrected chi connectivity index (χ3v) is 5.46. The molecule has 2 atom stereocenters. The number of pyridine rings is 1. The number of aromatic nitrogens is 1. The van der Waals surface area contributed by atoms with Crippen molar-refractivity contribution in [2.75, 3.05) is 0 Å². The lowest BCUT2D eigenvalue weighted by atomic mass is 10.0. The Labute approximate surface area is 211 Å². The minimum absolute atomic E-state index is 0.0232. The van der Waals surface area contributed by atoms with E-state index in [1.54, 1.807) is 18.2 Å². The van der Waals surface area contributed by atoms with Crippen molar-refractivity contribution in [2.45, 2.75) is 38.6 Å². The lowest BCUT2D eigenvalue weighted by Crippen LogP contribution is -2.51. The highest BCUT2D eigenvalue weighted by Crippen LogP contribution is 2.12. The van der Waals surface area contributed by atoms with E-state index in [1.165, 1.54) is 55.6 Å². The summed E-state index contributed by atoms with van der Waals surface area (Å²) < 4.78 is 32.8. The Kier molecular flexibility index (Phi) is 9.61. The maximum absolute atomic E-state index is 14.3. The van der Waals surface area contributed by atoms with E-state index in [1.807, 2.05) is 0 Å². The minimum Gasteiger partial charge on any atom is -0.364 e. The summed E-state index contributed by atoms with van der Waals surface area (Å²) in [5.41, 5.74) is 1.27. The molecular formula is C26H24ClF2N3O4. The molecule has 0 fully saturated rings. The molecule has 0 radical (unpaired) electrons. The maximum Gasteiger partial charge on any atom is 0.289 e. The molecule has 1 heterocycles. The van der Waals surface area contributed by atoms with Gasteiger partial charge in [-0.3, -0.25) is 19.4 Å². The minimum atomic E-state index is -1.34. The van der Waals surface area contributed by atoms with Gasteiger partial charge in [0, 0.05) is 12.6 Å². The Morgan fingerprint density at radius 3 is 2.42 bits per heavy atom. The number of carbonyl (C=O) groups is 3. The topological polar surface area (TPSA) is 97.4 Å². The molecule has 2 amide bonds. The van der Waals surface area contributed by atoms with Crippen LogP contribution in [0, 0.1) is 11.6 Å². The van der Waals surface area contributed by atoms with E-state index >= 15 is 0 Å². The first-order valence-corrected chi connectivity index (χ1v) is 11.4. The normalized spacial score (nSPS) is 12.4. The van der Waals surface area contributed by atoms with E-state index in [2.05, 4.69) is 15.6 Å². The molecule has 0 saturated carbocycles. The van der Waals surface area contributed by atoms with E-state index in [4.69, 9.17) is 16.3 Å². The standard InChI is InChI=1S/C26H24ClF2N3O4/c1-16(36-15-17-6-9-20(28)10-7-17)25(34)32-23(12-18-4-2-3-5-22(18)29)24(33)26(35)31-14-21-11-8-19(27)13-30-21/h2-11,13,16,23H,12,14-15H2,1H3,(H,31,35)(H,32,34)/t16-,23-/m1/s1. The number of hydrogen-bond donors (Lipinski definition) is 2. The first kappa shape index (κ1) is 26.9. The van der Waals surface area contributed by atoms with Crippen LogP contribution in [0.5, 0.6) is 0 Å².